The van der Waals surface area contributed by atoms with Crippen LogP contribution in [0.1, 0.15) is 23.5 Å². The van der Waals surface area contributed by atoms with Crippen molar-refractivity contribution in [3.63, 3.8) is 0 Å². The lowest BCUT2D eigenvalue weighted by Crippen LogP contribution is -2.26. The monoisotopic (exact) mass is 270 g/mol. The van der Waals surface area contributed by atoms with Crippen LogP contribution >= 0.6 is 0 Å². The number of aromatic nitrogens is 1. The minimum Gasteiger partial charge on any atom is -0.493 e. The van der Waals surface area contributed by atoms with E-state index in [-0.39, 0.29) is 5.56 Å². The fourth-order valence-corrected chi connectivity index (χ4v) is 2.67. The second-order valence-corrected chi connectivity index (χ2v) is 5.27. The Labute approximate surface area is 117 Å². The van der Waals surface area contributed by atoms with Crippen LogP contribution in [-0.4, -0.2) is 11.2 Å². The van der Waals surface area contributed by atoms with E-state index in [9.17, 15) is 4.79 Å². The number of pyridine rings is 1. The molecule has 1 aromatic heterocycles. The van der Waals surface area contributed by atoms with Crippen molar-refractivity contribution in [2.24, 2.45) is 0 Å². The number of nitrogen functional groups attached to an aromatic ring is 1. The summed E-state index contributed by atoms with van der Waals surface area (Å²) in [5, 5.41) is 0. The van der Waals surface area contributed by atoms with Gasteiger partial charge in [-0.15, -0.1) is 0 Å². The molecule has 0 aliphatic carbocycles. The molecule has 0 amide bonds. The van der Waals surface area contributed by atoms with Crippen LogP contribution in [0.15, 0.2) is 41.3 Å². The second kappa shape index (κ2) is 5.04. The Morgan fingerprint density at radius 3 is 3.05 bits per heavy atom. The highest BCUT2D eigenvalue weighted by Gasteiger charge is 2.21. The van der Waals surface area contributed by atoms with E-state index in [1.165, 1.54) is 5.56 Å². The zero-order valence-electron chi connectivity index (χ0n) is 11.5. The van der Waals surface area contributed by atoms with Crippen molar-refractivity contribution in [3.8, 4) is 5.75 Å². The van der Waals surface area contributed by atoms with Gasteiger partial charge in [-0.3, -0.25) is 4.79 Å². The highest BCUT2D eigenvalue weighted by Crippen LogP contribution is 2.34. The summed E-state index contributed by atoms with van der Waals surface area (Å²) in [5.74, 6) is 1.22. The third-order valence-electron chi connectivity index (χ3n) is 3.87. The van der Waals surface area contributed by atoms with Crippen molar-refractivity contribution in [1.29, 1.82) is 0 Å². The first-order valence-electron chi connectivity index (χ1n) is 6.83. The lowest BCUT2D eigenvalue weighted by atomic mass is 9.93. The summed E-state index contributed by atoms with van der Waals surface area (Å²) in [6.45, 7) is 3.19. The lowest BCUT2D eigenvalue weighted by Gasteiger charge is -2.26. The van der Waals surface area contributed by atoms with Gasteiger partial charge in [-0.25, -0.2) is 0 Å². The highest BCUT2D eigenvalue weighted by molar-refractivity contribution is 5.43. The highest BCUT2D eigenvalue weighted by atomic mass is 16.5. The molecule has 0 saturated carbocycles. The third-order valence-corrected chi connectivity index (χ3v) is 3.87. The number of fused-ring (bicyclic) bond motifs is 1. The molecule has 4 nitrogen and oxygen atoms in total. The van der Waals surface area contributed by atoms with Gasteiger partial charge in [-0.2, -0.15) is 0 Å². The van der Waals surface area contributed by atoms with E-state index in [0.717, 1.165) is 17.7 Å². The third kappa shape index (κ3) is 2.29. The van der Waals surface area contributed by atoms with Crippen LogP contribution in [-0.2, 0) is 6.54 Å². The predicted molar refractivity (Wildman–Crippen MR) is 79.1 cm³/mol. The minimum absolute atomic E-state index is 0.000623. The average Bonchev–Trinajstić information content (AvgIpc) is 2.45. The number of para-hydroxylation sites is 1. The molecule has 1 aromatic carbocycles. The molecule has 0 bridgehead atoms. The Bertz CT molecular complexity index is 691. The number of nitrogens with zero attached hydrogens (tertiary/aromatic N) is 1. The van der Waals surface area contributed by atoms with E-state index < -0.39 is 0 Å². The number of hydrogen-bond acceptors (Lipinski definition) is 3. The van der Waals surface area contributed by atoms with Gasteiger partial charge in [0.25, 0.3) is 5.56 Å². The zero-order valence-corrected chi connectivity index (χ0v) is 11.5. The van der Waals surface area contributed by atoms with E-state index in [1.807, 2.05) is 25.1 Å². The molecule has 2 aromatic rings. The summed E-state index contributed by atoms with van der Waals surface area (Å²) < 4.78 is 7.36. The van der Waals surface area contributed by atoms with Crippen LogP contribution < -0.4 is 16.0 Å². The molecule has 1 atom stereocenters. The van der Waals surface area contributed by atoms with Gasteiger partial charge in [-0.1, -0.05) is 18.2 Å². The maximum Gasteiger partial charge on any atom is 0.250 e. The number of ether oxygens (including phenoxy) is 1. The Kier molecular flexibility index (Phi) is 3.22. The van der Waals surface area contributed by atoms with Gasteiger partial charge in [0, 0.05) is 24.7 Å². The molecule has 1 unspecified atom stereocenters. The van der Waals surface area contributed by atoms with Crippen molar-refractivity contribution < 1.29 is 4.74 Å². The molecule has 1 aliphatic rings. The quantitative estimate of drug-likeness (QED) is 0.911. The van der Waals surface area contributed by atoms with E-state index in [4.69, 9.17) is 10.5 Å². The van der Waals surface area contributed by atoms with E-state index in [2.05, 4.69) is 6.07 Å². The van der Waals surface area contributed by atoms with Gasteiger partial charge < -0.3 is 15.0 Å². The second-order valence-electron chi connectivity index (χ2n) is 5.27. The van der Waals surface area contributed by atoms with Crippen LogP contribution in [0, 0.1) is 6.92 Å². The molecular weight excluding hydrogens is 252 g/mol. The van der Waals surface area contributed by atoms with Crippen molar-refractivity contribution in [2.45, 2.75) is 25.8 Å². The molecule has 20 heavy (non-hydrogen) atoms. The maximum absolute atomic E-state index is 12.1. The number of benzene rings is 1. The van der Waals surface area contributed by atoms with E-state index >= 15 is 0 Å². The Morgan fingerprint density at radius 2 is 2.20 bits per heavy atom. The molecule has 3 rings (SSSR count). The smallest absolute Gasteiger partial charge is 0.250 e. The van der Waals surface area contributed by atoms with Gasteiger partial charge >= 0.3 is 0 Å². The Hall–Kier alpha value is -2.23. The number of anilines is 1. The summed E-state index contributed by atoms with van der Waals surface area (Å²) in [6.07, 6.45) is 2.66. The molecule has 0 spiro atoms. The zero-order chi connectivity index (χ0) is 14.1. The summed E-state index contributed by atoms with van der Waals surface area (Å²) >= 11 is 0. The van der Waals surface area contributed by atoms with Crippen molar-refractivity contribution in [2.75, 3.05) is 12.3 Å². The lowest BCUT2D eigenvalue weighted by molar-refractivity contribution is 0.258. The maximum atomic E-state index is 12.1. The molecule has 2 N–H and O–H groups in total. The fraction of sp³-hybridized carbons (Fsp3) is 0.312. The molecule has 4 heteroatoms. The molecular formula is C16H18N2O2. The van der Waals surface area contributed by atoms with Gasteiger partial charge in [-0.05, 0) is 30.5 Å². The first-order valence-corrected chi connectivity index (χ1v) is 6.83. The van der Waals surface area contributed by atoms with Crippen molar-refractivity contribution in [1.82, 2.24) is 4.57 Å². The van der Waals surface area contributed by atoms with Crippen molar-refractivity contribution in [3.05, 3.63) is 58.0 Å². The molecule has 0 saturated heterocycles. The number of rotatable bonds is 2. The minimum atomic E-state index is 0.000623. The molecule has 2 heterocycles. The van der Waals surface area contributed by atoms with Crippen LogP contribution in [0.5, 0.6) is 5.75 Å². The first kappa shape index (κ1) is 12.8. The standard InChI is InChI=1S/C16H18N2O2/c1-11-8-16(19)18(10-14(11)17)9-12-6-7-20-15-5-3-2-4-13(12)15/h2-5,8,10,12H,6-7,9,17H2,1H3. The van der Waals surface area contributed by atoms with Crippen LogP contribution in [0.2, 0.25) is 0 Å². The van der Waals surface area contributed by atoms with Gasteiger partial charge in [0.1, 0.15) is 5.75 Å². The normalized spacial score (nSPS) is 17.4. The van der Waals surface area contributed by atoms with Crippen LogP contribution in [0.4, 0.5) is 5.69 Å². The summed E-state index contributed by atoms with van der Waals surface area (Å²) in [6, 6.07) is 9.63. The first-order chi connectivity index (χ1) is 9.65. The van der Waals surface area contributed by atoms with Crippen molar-refractivity contribution >= 4 is 5.69 Å². The van der Waals surface area contributed by atoms with E-state index in [0.29, 0.717) is 24.8 Å². The SMILES string of the molecule is Cc1cc(=O)n(CC2CCOc3ccccc32)cc1N. The van der Waals surface area contributed by atoms with Gasteiger partial charge in [0.2, 0.25) is 0 Å². The summed E-state index contributed by atoms with van der Waals surface area (Å²) in [5.41, 5.74) is 8.57. The Balaban J connectivity index is 1.93. The van der Waals surface area contributed by atoms with Gasteiger partial charge in [0.05, 0.1) is 12.3 Å². The van der Waals surface area contributed by atoms with E-state index in [1.54, 1.807) is 16.8 Å². The fourth-order valence-electron chi connectivity index (χ4n) is 2.67. The predicted octanol–water partition coefficient (Wildman–Crippen LogP) is 2.31. The number of aryl methyl sites for hydroxylation is 1. The number of nitrogens with two attached hydrogens (primary N) is 1. The number of hydrogen-bond donors (Lipinski definition) is 1. The van der Waals surface area contributed by atoms with Crippen LogP contribution in [0.3, 0.4) is 0 Å². The van der Waals surface area contributed by atoms with Gasteiger partial charge in [0.15, 0.2) is 0 Å². The summed E-state index contributed by atoms with van der Waals surface area (Å²) in [7, 11) is 0. The molecule has 104 valence electrons. The summed E-state index contributed by atoms with van der Waals surface area (Å²) in [4.78, 5) is 12.1. The largest absolute Gasteiger partial charge is 0.493 e. The molecule has 0 radical (unpaired) electrons. The van der Waals surface area contributed by atoms with Crippen LogP contribution in [0.25, 0.3) is 0 Å². The average molecular weight is 270 g/mol. The molecule has 1 aliphatic heterocycles. The topological polar surface area (TPSA) is 57.2 Å². The Morgan fingerprint density at radius 1 is 1.40 bits per heavy atom. The molecule has 0 fully saturated rings.